The summed E-state index contributed by atoms with van der Waals surface area (Å²) in [6, 6.07) is 12.9. The van der Waals surface area contributed by atoms with Gasteiger partial charge in [0.25, 0.3) is 0 Å². The summed E-state index contributed by atoms with van der Waals surface area (Å²) in [6.07, 6.45) is 3.34. The van der Waals surface area contributed by atoms with Crippen LogP contribution in [0.4, 0.5) is 0 Å². The summed E-state index contributed by atoms with van der Waals surface area (Å²) < 4.78 is 1.34. The molecule has 0 aliphatic carbocycles. The van der Waals surface area contributed by atoms with Gasteiger partial charge in [-0.3, -0.25) is 9.97 Å². The Morgan fingerprint density at radius 1 is 1.06 bits per heavy atom. The molecule has 2 heterocycles. The number of hydrogen-bond donors (Lipinski definition) is 1. The number of pyridine rings is 1. The highest BCUT2D eigenvalue weighted by atomic mass is 16.1. The molecule has 0 radical (unpaired) electrons. The second-order valence-corrected chi connectivity index (χ2v) is 3.77. The Balaban J connectivity index is 2.10. The summed E-state index contributed by atoms with van der Waals surface area (Å²) in [5.41, 5.74) is 1.25. The van der Waals surface area contributed by atoms with Crippen molar-refractivity contribution in [2.24, 2.45) is 0 Å². The molecule has 0 atom stereocenters. The molecule has 0 saturated carbocycles. The van der Waals surface area contributed by atoms with Crippen molar-refractivity contribution in [1.29, 1.82) is 0 Å². The number of rotatable bonds is 2. The van der Waals surface area contributed by atoms with E-state index >= 15 is 0 Å². The van der Waals surface area contributed by atoms with E-state index in [0.717, 1.165) is 11.3 Å². The molecule has 0 fully saturated rings. The van der Waals surface area contributed by atoms with Crippen molar-refractivity contribution in [3.63, 3.8) is 0 Å². The Hall–Kier alpha value is -2.69. The molecule has 3 aromatic rings. The average Bonchev–Trinajstić information content (AvgIpc) is 2.83. The largest absolute Gasteiger partial charge is 0.348 e. The molecular weight excluding hydrogens is 228 g/mol. The molecule has 0 bridgehead atoms. The van der Waals surface area contributed by atoms with Crippen molar-refractivity contribution >= 4 is 0 Å². The Bertz CT molecular complexity index is 701. The van der Waals surface area contributed by atoms with Crippen LogP contribution in [0.5, 0.6) is 0 Å². The Morgan fingerprint density at radius 2 is 1.89 bits per heavy atom. The summed E-state index contributed by atoms with van der Waals surface area (Å²) >= 11 is 0. The van der Waals surface area contributed by atoms with E-state index in [9.17, 15) is 4.79 Å². The first-order chi connectivity index (χ1) is 8.84. The number of nitrogens with zero attached hydrogens (tertiary/aromatic N) is 3. The monoisotopic (exact) mass is 238 g/mol. The predicted molar refractivity (Wildman–Crippen MR) is 67.4 cm³/mol. The van der Waals surface area contributed by atoms with Crippen molar-refractivity contribution in [3.8, 4) is 17.1 Å². The maximum Gasteiger partial charge on any atom is 0.348 e. The van der Waals surface area contributed by atoms with Crippen LogP contribution in [0.2, 0.25) is 0 Å². The van der Waals surface area contributed by atoms with Gasteiger partial charge in [0, 0.05) is 18.0 Å². The number of nitrogens with one attached hydrogen (secondary N) is 1. The zero-order chi connectivity index (χ0) is 12.4. The molecule has 0 amide bonds. The summed E-state index contributed by atoms with van der Waals surface area (Å²) in [6.45, 7) is 0. The highest BCUT2D eigenvalue weighted by Gasteiger charge is 2.08. The fourth-order valence-corrected chi connectivity index (χ4v) is 1.70. The molecule has 18 heavy (non-hydrogen) atoms. The highest BCUT2D eigenvalue weighted by molar-refractivity contribution is 5.52. The first kappa shape index (κ1) is 10.5. The van der Waals surface area contributed by atoms with E-state index in [4.69, 9.17) is 0 Å². The van der Waals surface area contributed by atoms with Crippen LogP contribution in [-0.4, -0.2) is 19.7 Å². The van der Waals surface area contributed by atoms with Crippen molar-refractivity contribution < 1.29 is 0 Å². The molecule has 2 aromatic heterocycles. The lowest BCUT2D eigenvalue weighted by atomic mass is 10.3. The molecule has 1 aromatic carbocycles. The number of para-hydroxylation sites is 1. The van der Waals surface area contributed by atoms with Crippen LogP contribution in [0.1, 0.15) is 0 Å². The quantitative estimate of drug-likeness (QED) is 0.738. The second kappa shape index (κ2) is 4.29. The smallest absolute Gasteiger partial charge is 0.288 e. The molecule has 0 spiro atoms. The van der Waals surface area contributed by atoms with Gasteiger partial charge < -0.3 is 0 Å². The summed E-state index contributed by atoms with van der Waals surface area (Å²) in [4.78, 5) is 18.6. The lowest BCUT2D eigenvalue weighted by Gasteiger charge is -1.97. The SMILES string of the molecule is O=c1[nH]c(-c2cccnc2)nn1-c1ccccc1. The fraction of sp³-hybridized carbons (Fsp3) is 0. The molecule has 3 rings (SSSR count). The predicted octanol–water partition coefficient (Wildman–Crippen LogP) is 1.62. The lowest BCUT2D eigenvalue weighted by molar-refractivity contribution is 0.845. The van der Waals surface area contributed by atoms with E-state index in [-0.39, 0.29) is 5.69 Å². The average molecular weight is 238 g/mol. The van der Waals surface area contributed by atoms with Gasteiger partial charge in [0.2, 0.25) is 0 Å². The van der Waals surface area contributed by atoms with E-state index in [1.54, 1.807) is 18.5 Å². The van der Waals surface area contributed by atoms with Crippen LogP contribution in [0.25, 0.3) is 17.1 Å². The molecule has 88 valence electrons. The second-order valence-electron chi connectivity index (χ2n) is 3.77. The lowest BCUT2D eigenvalue weighted by Crippen LogP contribution is -2.15. The molecule has 1 N–H and O–H groups in total. The minimum absolute atomic E-state index is 0.264. The molecular formula is C13H10N4O. The topological polar surface area (TPSA) is 63.6 Å². The van der Waals surface area contributed by atoms with Gasteiger partial charge in [0.1, 0.15) is 0 Å². The Kier molecular flexibility index (Phi) is 2.49. The first-order valence-electron chi connectivity index (χ1n) is 5.50. The van der Waals surface area contributed by atoms with E-state index in [0.29, 0.717) is 5.82 Å². The molecule has 0 saturated heterocycles. The fourth-order valence-electron chi connectivity index (χ4n) is 1.70. The van der Waals surface area contributed by atoms with Crippen LogP contribution >= 0.6 is 0 Å². The number of aromatic nitrogens is 4. The van der Waals surface area contributed by atoms with Crippen molar-refractivity contribution in [1.82, 2.24) is 19.7 Å². The van der Waals surface area contributed by atoms with Gasteiger partial charge in [-0.2, -0.15) is 4.68 Å². The Labute approximate surface area is 103 Å². The van der Waals surface area contributed by atoms with Crippen molar-refractivity contribution in [2.45, 2.75) is 0 Å². The summed E-state index contributed by atoms with van der Waals surface area (Å²) in [5.74, 6) is 0.511. The third-order valence-electron chi connectivity index (χ3n) is 2.55. The van der Waals surface area contributed by atoms with Gasteiger partial charge in [-0.15, -0.1) is 5.10 Å². The standard InChI is InChI=1S/C13H10N4O/c18-13-15-12(10-5-4-8-14-9-10)16-17(13)11-6-2-1-3-7-11/h1-9H,(H,15,16,18). The first-order valence-corrected chi connectivity index (χ1v) is 5.50. The van der Waals surface area contributed by atoms with Crippen molar-refractivity contribution in [3.05, 3.63) is 65.3 Å². The number of hydrogen-bond acceptors (Lipinski definition) is 3. The molecule has 0 unspecified atom stereocenters. The maximum atomic E-state index is 11.8. The summed E-state index contributed by atoms with van der Waals surface area (Å²) in [5, 5.41) is 4.26. The zero-order valence-corrected chi connectivity index (χ0v) is 9.45. The van der Waals surface area contributed by atoms with E-state index in [1.165, 1.54) is 4.68 Å². The minimum Gasteiger partial charge on any atom is -0.288 e. The van der Waals surface area contributed by atoms with Crippen LogP contribution in [0.3, 0.4) is 0 Å². The van der Waals surface area contributed by atoms with Gasteiger partial charge in [0.05, 0.1) is 5.69 Å². The molecule has 0 aliphatic rings. The van der Waals surface area contributed by atoms with Crippen LogP contribution in [-0.2, 0) is 0 Å². The van der Waals surface area contributed by atoms with E-state index in [1.807, 2.05) is 36.4 Å². The van der Waals surface area contributed by atoms with Crippen LogP contribution < -0.4 is 5.69 Å². The normalized spacial score (nSPS) is 10.4. The number of benzene rings is 1. The van der Waals surface area contributed by atoms with Gasteiger partial charge in [-0.25, -0.2) is 4.79 Å². The van der Waals surface area contributed by atoms with Crippen molar-refractivity contribution in [2.75, 3.05) is 0 Å². The van der Waals surface area contributed by atoms with Gasteiger partial charge >= 0.3 is 5.69 Å². The maximum absolute atomic E-state index is 11.8. The highest BCUT2D eigenvalue weighted by Crippen LogP contribution is 2.11. The van der Waals surface area contributed by atoms with Gasteiger partial charge in [0.15, 0.2) is 5.82 Å². The number of H-pyrrole nitrogens is 1. The minimum atomic E-state index is -0.264. The van der Waals surface area contributed by atoms with Crippen LogP contribution in [0, 0.1) is 0 Å². The molecule has 0 aliphatic heterocycles. The number of aromatic amines is 1. The van der Waals surface area contributed by atoms with Crippen LogP contribution in [0.15, 0.2) is 59.7 Å². The van der Waals surface area contributed by atoms with Gasteiger partial charge in [-0.1, -0.05) is 18.2 Å². The molecule has 5 nitrogen and oxygen atoms in total. The third-order valence-corrected chi connectivity index (χ3v) is 2.55. The zero-order valence-electron chi connectivity index (χ0n) is 9.45. The van der Waals surface area contributed by atoms with E-state index in [2.05, 4.69) is 15.1 Å². The van der Waals surface area contributed by atoms with Gasteiger partial charge in [-0.05, 0) is 24.3 Å². The third kappa shape index (κ3) is 1.82. The van der Waals surface area contributed by atoms with E-state index < -0.39 is 0 Å². The Morgan fingerprint density at radius 3 is 2.61 bits per heavy atom. The summed E-state index contributed by atoms with van der Waals surface area (Å²) in [7, 11) is 0. The molecule has 5 heteroatoms.